The van der Waals surface area contributed by atoms with E-state index < -0.39 is 5.97 Å². The molecule has 0 aliphatic heterocycles. The maximum absolute atomic E-state index is 13.1. The third-order valence-electron chi connectivity index (χ3n) is 20.8. The number of aliphatic carboxylic acids is 1. The molecule has 0 radical (unpaired) electrons. The van der Waals surface area contributed by atoms with E-state index in [-0.39, 0.29) is 81.6 Å². The van der Waals surface area contributed by atoms with Gasteiger partial charge in [0.05, 0.1) is 84.3 Å². The number of ketones is 1. The number of methoxy groups -OCH3 is 7. The van der Waals surface area contributed by atoms with Crippen LogP contribution in [0.3, 0.4) is 0 Å². The minimum atomic E-state index is -0.621. The van der Waals surface area contributed by atoms with Crippen LogP contribution < -0.4 is 62.7 Å². The molecule has 494 valence electrons. The third kappa shape index (κ3) is 16.0. The Morgan fingerprint density at radius 1 is 0.495 bits per heavy atom. The number of hydrogen-bond acceptors (Lipinski definition) is 17. The fourth-order valence-corrected chi connectivity index (χ4v) is 15.4. The first kappa shape index (κ1) is 72.0. The second kappa shape index (κ2) is 32.1. The van der Waals surface area contributed by atoms with Gasteiger partial charge in [-0.1, -0.05) is 12.1 Å². The normalized spacial score (nSPS) is 24.4. The van der Waals surface area contributed by atoms with Crippen LogP contribution in [0, 0.1) is 34.0 Å². The van der Waals surface area contributed by atoms with Crippen LogP contribution in [0.15, 0.2) is 97.5 Å². The summed E-state index contributed by atoms with van der Waals surface area (Å²) in [5, 5.41) is 20.2. The molecule has 93 heavy (non-hydrogen) atoms. The fraction of sp³-hybridized carbons (Fsp3) is 0.514. The molecule has 0 bridgehead atoms. The minimum Gasteiger partial charge on any atom is -0.870 e. The van der Waals surface area contributed by atoms with E-state index in [2.05, 4.69) is 39.2 Å². The Balaban J connectivity index is 0.000000177. The van der Waals surface area contributed by atoms with Crippen molar-refractivity contribution >= 4 is 50.4 Å². The summed E-state index contributed by atoms with van der Waals surface area (Å²) in [5.74, 6) is 6.45. The summed E-state index contributed by atoms with van der Waals surface area (Å²) in [6, 6.07) is 26.2. The first-order chi connectivity index (χ1) is 44.2. The number of nitrogens with zero attached hydrogens (tertiary/aromatic N) is 3. The molecule has 6 aliphatic rings. The maximum Gasteiger partial charge on any atom is 1.00 e. The van der Waals surface area contributed by atoms with E-state index in [0.29, 0.717) is 72.8 Å². The van der Waals surface area contributed by atoms with Crippen LogP contribution in [0.25, 0.3) is 32.7 Å². The molecule has 18 nitrogen and oxygen atoms in total. The Hall–Kier alpha value is -6.80. The number of aliphatic hydroxyl groups is 1. The molecule has 7 aromatic rings. The van der Waals surface area contributed by atoms with E-state index in [1.54, 1.807) is 56.7 Å². The van der Waals surface area contributed by atoms with Gasteiger partial charge in [0.1, 0.15) is 18.1 Å². The van der Waals surface area contributed by atoms with Crippen LogP contribution in [-0.4, -0.2) is 125 Å². The molecule has 3 atom stereocenters. The van der Waals surface area contributed by atoms with Crippen molar-refractivity contribution in [3.8, 4) is 40.2 Å². The molecule has 6 saturated carbocycles. The Kier molecular flexibility index (Phi) is 24.9. The number of pyridine rings is 3. The predicted molar refractivity (Wildman–Crippen MR) is 351 cm³/mol. The van der Waals surface area contributed by atoms with Crippen LogP contribution in [0.2, 0.25) is 0 Å². The van der Waals surface area contributed by atoms with Crippen molar-refractivity contribution in [3.05, 3.63) is 120 Å². The molecule has 3 unspecified atom stereocenters. The second-order valence-corrected chi connectivity index (χ2v) is 25.6. The molecule has 3 spiro atoms. The Bertz CT molecular complexity index is 3670. The second-order valence-electron chi connectivity index (χ2n) is 25.6. The summed E-state index contributed by atoms with van der Waals surface area (Å²) in [6.07, 6.45) is 21.9. The molecular weight excluding hydrogens is 1190 g/mol. The number of esters is 1. The topological polar surface area (TPSA) is 243 Å². The number of aromatic nitrogens is 3. The van der Waals surface area contributed by atoms with Crippen LogP contribution in [-0.2, 0) is 30.3 Å². The molecule has 6 aliphatic carbocycles. The smallest absolute Gasteiger partial charge is 0.870 e. The molecule has 0 saturated heterocycles. The fourth-order valence-electron chi connectivity index (χ4n) is 15.4. The van der Waals surface area contributed by atoms with Crippen molar-refractivity contribution in [3.63, 3.8) is 0 Å². The number of carbonyl (C=O) groups is 3. The van der Waals surface area contributed by atoms with Gasteiger partial charge >= 0.3 is 41.5 Å². The molecule has 3 N–H and O–H groups in total. The van der Waals surface area contributed by atoms with Gasteiger partial charge in [-0.25, -0.2) is 0 Å². The number of rotatable bonds is 19. The number of hydrogen-bond donors (Lipinski definition) is 2. The standard InChI is InChI=1S/C30H35NO5.C22H27NO4.C20H23NO4.C2H6O.Na.H2O/c1-33-14-15-36-22-6-4-20(5-7-22)16-27(32)25-19-30(25)11-8-21(9-12-30)23-10-13-31-26-18-29(35-3)28(34-2)17-24(23)26;1-4-27-21(24)17-13-22(17)8-5-14(6-9-22)15-7-10-23-18-12-20(26-3)19(25-2)11-16(15)18;1-24-17-9-14-13(5-8-21-16(14)10-18(17)25-2)12-3-6-20(7-4-12)11-15(20)19(22)23;1-2-3;;/h4-7,10,13,17-18,21,25H,8-9,11-12,14-16,19H2,1-3H3;7,10-12,14,17H,4-6,8-9,13H2,1-3H3;5,8-10,12,15H,3-4,6-7,11H2,1-2H3,(H,22,23);3H,2H2,1H3;;1H2/q;;;;+1;/p-1. The van der Waals surface area contributed by atoms with Gasteiger partial charge in [0.2, 0.25) is 0 Å². The number of carboxylic acid groups (broad SMARTS) is 1. The zero-order valence-corrected chi connectivity index (χ0v) is 57.9. The molecule has 19 heteroatoms. The van der Waals surface area contributed by atoms with Crippen LogP contribution in [0.5, 0.6) is 40.2 Å². The summed E-state index contributed by atoms with van der Waals surface area (Å²) in [6.45, 7) is 5.37. The van der Waals surface area contributed by atoms with E-state index in [9.17, 15) is 19.5 Å². The van der Waals surface area contributed by atoms with Gasteiger partial charge in [-0.3, -0.25) is 29.3 Å². The quantitative estimate of drug-likeness (QED) is 0.0434. The SMILES string of the molecule is CCO.CCOC(=O)C1CC12CCC(c1ccnc3cc(OC)c(OC)cc13)CC2.COCCOc1ccc(CC(=O)C2CC23CCC(c2ccnc4cc(OC)c(OC)cc24)CC3)cc1.COc1cc2nccc(C3CCC4(CC3)CC4C(=O)O)c2cc1OC.[Na+].[OH-]. The average Bonchev–Trinajstić information content (AvgIpc) is 1.60. The summed E-state index contributed by atoms with van der Waals surface area (Å²) in [5.41, 5.74) is 8.25. The maximum atomic E-state index is 13.1. The largest absolute Gasteiger partial charge is 1.00 e. The number of fused-ring (bicyclic) bond motifs is 3. The summed E-state index contributed by atoms with van der Waals surface area (Å²) < 4.78 is 48.6. The Morgan fingerprint density at radius 3 is 1.18 bits per heavy atom. The van der Waals surface area contributed by atoms with Gasteiger partial charge in [0.15, 0.2) is 34.5 Å². The number of benzene rings is 4. The predicted octanol–water partition coefficient (Wildman–Crippen LogP) is 11.1. The van der Waals surface area contributed by atoms with E-state index in [0.717, 1.165) is 152 Å². The monoisotopic (exact) mass is 1290 g/mol. The van der Waals surface area contributed by atoms with Gasteiger partial charge in [-0.2, -0.15) is 0 Å². The zero-order chi connectivity index (χ0) is 64.5. The average molecular weight is 1290 g/mol. The number of aliphatic hydroxyl groups excluding tert-OH is 1. The molecule has 13 rings (SSSR count). The van der Waals surface area contributed by atoms with E-state index in [4.69, 9.17) is 47.7 Å². The first-order valence-corrected chi connectivity index (χ1v) is 32.4. The van der Waals surface area contributed by atoms with Gasteiger partial charge < -0.3 is 58.3 Å². The van der Waals surface area contributed by atoms with Crippen molar-refractivity contribution in [1.82, 2.24) is 15.0 Å². The van der Waals surface area contributed by atoms with Crippen molar-refractivity contribution in [2.75, 3.05) is 76.2 Å². The molecule has 4 aromatic carbocycles. The van der Waals surface area contributed by atoms with Gasteiger partial charge in [0.25, 0.3) is 0 Å². The summed E-state index contributed by atoms with van der Waals surface area (Å²) in [4.78, 5) is 50.0. The van der Waals surface area contributed by atoms with Gasteiger partial charge in [-0.15, -0.1) is 0 Å². The van der Waals surface area contributed by atoms with Crippen LogP contribution in [0.4, 0.5) is 0 Å². The molecule has 0 amide bonds. The van der Waals surface area contributed by atoms with Crippen molar-refractivity contribution < 1.29 is 102 Å². The number of ether oxygens (including phenoxy) is 9. The van der Waals surface area contributed by atoms with Crippen molar-refractivity contribution in [2.24, 2.45) is 34.0 Å². The van der Waals surface area contributed by atoms with Crippen molar-refractivity contribution in [1.29, 1.82) is 0 Å². The summed E-state index contributed by atoms with van der Waals surface area (Å²) in [7, 11) is 11.5. The number of carbonyl (C=O) groups excluding carboxylic acids is 2. The van der Waals surface area contributed by atoms with Crippen molar-refractivity contribution in [2.45, 2.75) is 134 Å². The van der Waals surface area contributed by atoms with Gasteiger partial charge in [-0.05, 0) is 215 Å². The first-order valence-electron chi connectivity index (χ1n) is 32.4. The number of Topliss-reactive ketones (excluding diaryl/α,β-unsaturated/α-hetero) is 1. The van der Waals surface area contributed by atoms with E-state index >= 15 is 0 Å². The van der Waals surface area contributed by atoms with Gasteiger partial charge in [0, 0.05) is 79.0 Å². The number of carboxylic acids is 1. The molecule has 6 fully saturated rings. The minimum absolute atomic E-state index is 0. The zero-order valence-electron chi connectivity index (χ0n) is 55.9. The third-order valence-corrected chi connectivity index (χ3v) is 20.8. The Morgan fingerprint density at radius 2 is 0.839 bits per heavy atom. The molecular formula is C74H92N3NaO15. The van der Waals surface area contributed by atoms with Crippen LogP contribution in [0.1, 0.15) is 150 Å². The van der Waals surface area contributed by atoms with E-state index in [1.165, 1.54) is 16.7 Å². The van der Waals surface area contributed by atoms with Crippen LogP contribution >= 0.6 is 0 Å². The molecule has 3 heterocycles. The summed E-state index contributed by atoms with van der Waals surface area (Å²) >= 11 is 0. The van der Waals surface area contributed by atoms with E-state index in [1.807, 2.05) is 80.1 Å². The molecule has 3 aromatic heterocycles. The Labute approximate surface area is 568 Å².